The third kappa shape index (κ3) is 3.15. The lowest BCUT2D eigenvalue weighted by molar-refractivity contribution is -0.123. The lowest BCUT2D eigenvalue weighted by atomic mass is 10.0. The van der Waals surface area contributed by atoms with Crippen LogP contribution in [-0.4, -0.2) is 23.7 Å². The van der Waals surface area contributed by atoms with Gasteiger partial charge < -0.3 is 10.4 Å². The molecule has 0 aliphatic heterocycles. The third-order valence-corrected chi connectivity index (χ3v) is 4.00. The second-order valence-electron chi connectivity index (χ2n) is 5.57. The van der Waals surface area contributed by atoms with Crippen molar-refractivity contribution in [3.8, 4) is 0 Å². The molecule has 0 aromatic heterocycles. The van der Waals surface area contributed by atoms with E-state index in [4.69, 9.17) is 5.11 Å². The molecule has 4 atom stereocenters. The van der Waals surface area contributed by atoms with E-state index >= 15 is 0 Å². The summed E-state index contributed by atoms with van der Waals surface area (Å²) in [5.41, 5.74) is 0.398. The monoisotopic (exact) mass is 283 g/mol. The van der Waals surface area contributed by atoms with E-state index in [1.54, 1.807) is 0 Å². The number of aliphatic hydroxyl groups is 1. The fourth-order valence-electron chi connectivity index (χ4n) is 2.26. The minimum absolute atomic E-state index is 0.00212. The highest BCUT2D eigenvalue weighted by Crippen LogP contribution is 2.48. The fourth-order valence-corrected chi connectivity index (χ4v) is 2.26. The number of amides is 1. The molecule has 2 rings (SSSR count). The van der Waals surface area contributed by atoms with Crippen molar-refractivity contribution < 1.29 is 18.7 Å². The van der Waals surface area contributed by atoms with E-state index in [0.29, 0.717) is 12.0 Å². The smallest absolute Gasteiger partial charge is 0.223 e. The summed E-state index contributed by atoms with van der Waals surface area (Å²) in [5.74, 6) is -1.80. The third-order valence-electron chi connectivity index (χ3n) is 4.00. The molecule has 5 heteroatoms. The number of rotatable bonds is 5. The average Bonchev–Trinajstić information content (AvgIpc) is 3.17. The number of nitrogens with one attached hydrogen (secondary N) is 1. The molecule has 1 aliphatic carbocycles. The topological polar surface area (TPSA) is 49.3 Å². The molecule has 1 saturated carbocycles. The van der Waals surface area contributed by atoms with Gasteiger partial charge in [0.15, 0.2) is 0 Å². The summed E-state index contributed by atoms with van der Waals surface area (Å²) < 4.78 is 26.5. The van der Waals surface area contributed by atoms with Crippen LogP contribution in [0.4, 0.5) is 8.78 Å². The first-order valence-corrected chi connectivity index (χ1v) is 6.80. The van der Waals surface area contributed by atoms with Gasteiger partial charge in [-0.05, 0) is 36.8 Å². The van der Waals surface area contributed by atoms with Crippen molar-refractivity contribution in [1.82, 2.24) is 5.32 Å². The van der Waals surface area contributed by atoms with Crippen LogP contribution in [0.5, 0.6) is 0 Å². The van der Waals surface area contributed by atoms with E-state index < -0.39 is 11.6 Å². The van der Waals surface area contributed by atoms with Crippen LogP contribution >= 0.6 is 0 Å². The Morgan fingerprint density at radius 3 is 2.75 bits per heavy atom. The van der Waals surface area contributed by atoms with Crippen LogP contribution < -0.4 is 5.32 Å². The molecule has 0 radical (unpaired) electrons. The van der Waals surface area contributed by atoms with Crippen molar-refractivity contribution in [2.75, 3.05) is 6.61 Å². The molecule has 2 N–H and O–H groups in total. The van der Waals surface area contributed by atoms with Gasteiger partial charge in [-0.25, -0.2) is 8.78 Å². The Kier molecular flexibility index (Phi) is 4.38. The molecule has 1 aromatic rings. The maximum absolute atomic E-state index is 13.6. The minimum atomic E-state index is -0.613. The molecule has 110 valence electrons. The zero-order chi connectivity index (χ0) is 14.9. The summed E-state index contributed by atoms with van der Waals surface area (Å²) in [6.45, 7) is 3.67. The van der Waals surface area contributed by atoms with Crippen molar-refractivity contribution in [2.45, 2.75) is 32.2 Å². The molecule has 1 fully saturated rings. The average molecular weight is 283 g/mol. The molecule has 1 aromatic carbocycles. The molecular formula is C15H19F2NO2. The van der Waals surface area contributed by atoms with Crippen molar-refractivity contribution >= 4 is 5.91 Å². The maximum atomic E-state index is 13.6. The van der Waals surface area contributed by atoms with Crippen molar-refractivity contribution in [2.24, 2.45) is 11.8 Å². The van der Waals surface area contributed by atoms with Crippen LogP contribution in [0, 0.1) is 23.5 Å². The molecule has 0 heterocycles. The normalized spacial score (nSPS) is 24.1. The van der Waals surface area contributed by atoms with Gasteiger partial charge in [-0.2, -0.15) is 0 Å². The first-order valence-electron chi connectivity index (χ1n) is 6.80. The Morgan fingerprint density at radius 2 is 2.15 bits per heavy atom. The Hall–Kier alpha value is -1.49. The van der Waals surface area contributed by atoms with E-state index in [-0.39, 0.29) is 36.3 Å². The van der Waals surface area contributed by atoms with Gasteiger partial charge in [0.25, 0.3) is 0 Å². The fraction of sp³-hybridized carbons (Fsp3) is 0.533. The largest absolute Gasteiger partial charge is 0.396 e. The number of hydrogen-bond acceptors (Lipinski definition) is 2. The summed E-state index contributed by atoms with van der Waals surface area (Å²) >= 11 is 0. The summed E-state index contributed by atoms with van der Waals surface area (Å²) in [4.78, 5) is 12.0. The van der Waals surface area contributed by atoms with Gasteiger partial charge in [0.2, 0.25) is 5.91 Å². The Balaban J connectivity index is 1.96. The second kappa shape index (κ2) is 5.87. The molecule has 3 nitrogen and oxygen atoms in total. The minimum Gasteiger partial charge on any atom is -0.396 e. The van der Waals surface area contributed by atoms with E-state index in [9.17, 15) is 13.6 Å². The molecule has 1 aliphatic rings. The SMILES string of the molecule is CC(CO)C(C)NC(=O)C1CC1c1ccc(F)cc1F. The van der Waals surface area contributed by atoms with Crippen LogP contribution in [0.2, 0.25) is 0 Å². The maximum Gasteiger partial charge on any atom is 0.223 e. The summed E-state index contributed by atoms with van der Waals surface area (Å²) in [5, 5.41) is 11.9. The number of hydrogen-bond donors (Lipinski definition) is 2. The lowest BCUT2D eigenvalue weighted by Gasteiger charge is -2.19. The van der Waals surface area contributed by atoms with Crippen LogP contribution in [0.15, 0.2) is 18.2 Å². The van der Waals surface area contributed by atoms with Gasteiger partial charge in [0.05, 0.1) is 0 Å². The molecule has 0 saturated heterocycles. The first kappa shape index (κ1) is 14.9. The predicted molar refractivity (Wildman–Crippen MR) is 71.1 cm³/mol. The zero-order valence-electron chi connectivity index (χ0n) is 11.6. The number of aliphatic hydroxyl groups excluding tert-OH is 1. The Morgan fingerprint density at radius 1 is 1.45 bits per heavy atom. The number of carbonyl (C=O) groups is 1. The molecule has 4 unspecified atom stereocenters. The van der Waals surface area contributed by atoms with Crippen molar-refractivity contribution in [3.63, 3.8) is 0 Å². The first-order chi connectivity index (χ1) is 9.43. The van der Waals surface area contributed by atoms with E-state index in [0.717, 1.165) is 6.07 Å². The van der Waals surface area contributed by atoms with Crippen LogP contribution in [-0.2, 0) is 4.79 Å². The van der Waals surface area contributed by atoms with E-state index in [2.05, 4.69) is 5.32 Å². The van der Waals surface area contributed by atoms with Gasteiger partial charge in [-0.15, -0.1) is 0 Å². The van der Waals surface area contributed by atoms with Crippen LogP contribution in [0.1, 0.15) is 31.7 Å². The van der Waals surface area contributed by atoms with E-state index in [1.807, 2.05) is 13.8 Å². The predicted octanol–water partition coefficient (Wildman–Crippen LogP) is 2.20. The standard InChI is InChI=1S/C15H19F2NO2/c1-8(7-19)9(2)18-15(20)13-6-12(13)11-4-3-10(16)5-14(11)17/h3-5,8-9,12-13,19H,6-7H2,1-2H3,(H,18,20). The highest BCUT2D eigenvalue weighted by molar-refractivity contribution is 5.83. The van der Waals surface area contributed by atoms with Crippen molar-refractivity contribution in [1.29, 1.82) is 0 Å². The number of carbonyl (C=O) groups excluding carboxylic acids is 1. The van der Waals surface area contributed by atoms with Gasteiger partial charge in [-0.3, -0.25) is 4.79 Å². The molecule has 0 spiro atoms. The number of benzene rings is 1. The van der Waals surface area contributed by atoms with E-state index in [1.165, 1.54) is 12.1 Å². The van der Waals surface area contributed by atoms with Gasteiger partial charge >= 0.3 is 0 Å². The second-order valence-corrected chi connectivity index (χ2v) is 5.57. The van der Waals surface area contributed by atoms with Crippen molar-refractivity contribution in [3.05, 3.63) is 35.4 Å². The van der Waals surface area contributed by atoms with Gasteiger partial charge in [0, 0.05) is 24.6 Å². The Bertz CT molecular complexity index is 507. The molecular weight excluding hydrogens is 264 g/mol. The number of halogens is 2. The Labute approximate surface area is 117 Å². The summed E-state index contributed by atoms with van der Waals surface area (Å²) in [6, 6.07) is 3.33. The lowest BCUT2D eigenvalue weighted by Crippen LogP contribution is -2.39. The molecule has 20 heavy (non-hydrogen) atoms. The highest BCUT2D eigenvalue weighted by atomic mass is 19.1. The van der Waals surface area contributed by atoms with Crippen LogP contribution in [0.25, 0.3) is 0 Å². The molecule has 1 amide bonds. The molecule has 0 bridgehead atoms. The quantitative estimate of drug-likeness (QED) is 0.870. The van der Waals surface area contributed by atoms with Crippen LogP contribution in [0.3, 0.4) is 0 Å². The summed E-state index contributed by atoms with van der Waals surface area (Å²) in [6.07, 6.45) is 0.578. The van der Waals surface area contributed by atoms with Gasteiger partial charge in [0.1, 0.15) is 11.6 Å². The highest BCUT2D eigenvalue weighted by Gasteiger charge is 2.45. The zero-order valence-corrected chi connectivity index (χ0v) is 11.6. The van der Waals surface area contributed by atoms with Gasteiger partial charge in [-0.1, -0.05) is 13.0 Å². The summed E-state index contributed by atoms with van der Waals surface area (Å²) in [7, 11) is 0.